The number of rotatable bonds is 5. The quantitative estimate of drug-likeness (QED) is 0.542. The minimum atomic E-state index is -0.385. The number of pyridine rings is 1. The second-order valence-electron chi connectivity index (χ2n) is 6.45. The largest absolute Gasteiger partial charge is 0.350 e. The maximum absolute atomic E-state index is 13.2. The van der Waals surface area contributed by atoms with Crippen molar-refractivity contribution in [2.45, 2.75) is 6.54 Å². The summed E-state index contributed by atoms with van der Waals surface area (Å²) < 4.78 is 0.861. The first kappa shape index (κ1) is 19.4. The molecule has 5 nitrogen and oxygen atoms in total. The van der Waals surface area contributed by atoms with Gasteiger partial charge in [0.05, 0.1) is 12.1 Å². The maximum Gasteiger partial charge on any atom is 0.278 e. The van der Waals surface area contributed by atoms with E-state index in [2.05, 4.69) is 26.2 Å². The highest BCUT2D eigenvalue weighted by Gasteiger charge is 2.39. The fourth-order valence-corrected chi connectivity index (χ4v) is 3.63. The number of imide groups is 1. The molecule has 4 rings (SSSR count). The van der Waals surface area contributed by atoms with E-state index in [0.717, 1.165) is 10.0 Å². The van der Waals surface area contributed by atoms with Crippen LogP contribution in [0.1, 0.15) is 11.1 Å². The van der Waals surface area contributed by atoms with Gasteiger partial charge in [0.15, 0.2) is 0 Å². The molecule has 144 valence electrons. The van der Waals surface area contributed by atoms with Crippen LogP contribution in [0.2, 0.25) is 5.02 Å². The van der Waals surface area contributed by atoms with Gasteiger partial charge in [-0.2, -0.15) is 0 Å². The second kappa shape index (κ2) is 8.19. The van der Waals surface area contributed by atoms with E-state index in [4.69, 9.17) is 11.6 Å². The van der Waals surface area contributed by atoms with E-state index in [1.54, 1.807) is 42.7 Å². The molecule has 7 heteroatoms. The molecule has 0 unspecified atom stereocenters. The molecule has 1 aliphatic rings. The van der Waals surface area contributed by atoms with E-state index >= 15 is 0 Å². The van der Waals surface area contributed by atoms with Crippen molar-refractivity contribution in [1.82, 2.24) is 9.88 Å². The monoisotopic (exact) mass is 467 g/mol. The van der Waals surface area contributed by atoms with Gasteiger partial charge in [-0.05, 0) is 47.5 Å². The molecule has 2 aromatic carbocycles. The first-order valence-corrected chi connectivity index (χ1v) is 9.98. The van der Waals surface area contributed by atoms with Crippen molar-refractivity contribution in [2.75, 3.05) is 5.32 Å². The predicted octanol–water partition coefficient (Wildman–Crippen LogP) is 4.89. The van der Waals surface area contributed by atoms with Gasteiger partial charge in [0.1, 0.15) is 5.70 Å². The summed E-state index contributed by atoms with van der Waals surface area (Å²) in [4.78, 5) is 31.7. The lowest BCUT2D eigenvalue weighted by atomic mass is 10.0. The Morgan fingerprint density at radius 3 is 2.48 bits per heavy atom. The first-order valence-electron chi connectivity index (χ1n) is 8.81. The summed E-state index contributed by atoms with van der Waals surface area (Å²) in [5, 5.41) is 3.69. The van der Waals surface area contributed by atoms with Gasteiger partial charge in [-0.15, -0.1) is 0 Å². The lowest BCUT2D eigenvalue weighted by Crippen LogP contribution is -2.32. The van der Waals surface area contributed by atoms with E-state index in [1.165, 1.54) is 4.90 Å². The van der Waals surface area contributed by atoms with Crippen molar-refractivity contribution in [3.8, 4) is 0 Å². The number of carbonyl (C=O) groups is 2. The average molecular weight is 469 g/mol. The van der Waals surface area contributed by atoms with Gasteiger partial charge in [0.2, 0.25) is 0 Å². The minimum absolute atomic E-state index is 0.145. The molecule has 2 heterocycles. The Bertz CT molecular complexity index is 1110. The first-order chi connectivity index (χ1) is 14.0. The van der Waals surface area contributed by atoms with Crippen LogP contribution in [0, 0.1) is 0 Å². The average Bonchev–Trinajstić information content (AvgIpc) is 2.94. The molecule has 0 spiro atoms. The van der Waals surface area contributed by atoms with Crippen molar-refractivity contribution in [1.29, 1.82) is 0 Å². The molecule has 1 aliphatic heterocycles. The second-order valence-corrected chi connectivity index (χ2v) is 7.80. The summed E-state index contributed by atoms with van der Waals surface area (Å²) >= 11 is 9.42. The number of halogens is 2. The number of nitrogens with one attached hydrogen (secondary N) is 1. The van der Waals surface area contributed by atoms with Crippen molar-refractivity contribution in [3.05, 3.63) is 99.4 Å². The van der Waals surface area contributed by atoms with Crippen molar-refractivity contribution in [2.24, 2.45) is 0 Å². The number of carbonyl (C=O) groups excluding carboxylic acids is 2. The molecule has 3 aromatic rings. The van der Waals surface area contributed by atoms with E-state index < -0.39 is 0 Å². The maximum atomic E-state index is 13.2. The Labute approximate surface area is 181 Å². The van der Waals surface area contributed by atoms with Gasteiger partial charge in [-0.25, -0.2) is 0 Å². The standard InChI is InChI=1S/C22H15BrClN3O2/c23-16-4-1-5-18(11-16)26-20-19(15-6-8-17(24)9-7-15)21(28)27(22(20)29)13-14-3-2-10-25-12-14/h1-12,26H,13H2. The fraction of sp³-hybridized carbons (Fsp3) is 0.0455. The Balaban J connectivity index is 1.75. The Morgan fingerprint density at radius 2 is 1.79 bits per heavy atom. The molecule has 0 bridgehead atoms. The van der Waals surface area contributed by atoms with Crippen LogP contribution < -0.4 is 5.32 Å². The number of benzene rings is 2. The third kappa shape index (κ3) is 4.09. The third-order valence-electron chi connectivity index (χ3n) is 4.46. The fourth-order valence-electron chi connectivity index (χ4n) is 3.10. The summed E-state index contributed by atoms with van der Waals surface area (Å²) in [7, 11) is 0. The van der Waals surface area contributed by atoms with Crippen LogP contribution in [-0.2, 0) is 16.1 Å². The zero-order chi connectivity index (χ0) is 20.4. The van der Waals surface area contributed by atoms with E-state index in [-0.39, 0.29) is 24.1 Å². The van der Waals surface area contributed by atoms with Crippen molar-refractivity contribution in [3.63, 3.8) is 0 Å². The highest BCUT2D eigenvalue weighted by atomic mass is 79.9. The van der Waals surface area contributed by atoms with Crippen molar-refractivity contribution >= 4 is 50.6 Å². The zero-order valence-electron chi connectivity index (χ0n) is 15.1. The normalized spacial score (nSPS) is 13.9. The molecular formula is C22H15BrClN3O2. The van der Waals surface area contributed by atoms with E-state index in [9.17, 15) is 9.59 Å². The molecule has 0 aliphatic carbocycles. The van der Waals surface area contributed by atoms with Crippen LogP contribution in [0.3, 0.4) is 0 Å². The Morgan fingerprint density at radius 1 is 1.00 bits per heavy atom. The molecule has 2 amide bonds. The summed E-state index contributed by atoms with van der Waals surface area (Å²) in [5.41, 5.74) is 2.65. The molecule has 1 N–H and O–H groups in total. The topological polar surface area (TPSA) is 62.3 Å². The number of hydrogen-bond donors (Lipinski definition) is 1. The Hall–Kier alpha value is -2.96. The van der Waals surface area contributed by atoms with Crippen LogP contribution in [0.4, 0.5) is 5.69 Å². The summed E-state index contributed by atoms with van der Waals surface area (Å²) in [6.07, 6.45) is 3.29. The number of anilines is 1. The van der Waals surface area contributed by atoms with Crippen LogP contribution in [-0.4, -0.2) is 21.7 Å². The highest BCUT2D eigenvalue weighted by Crippen LogP contribution is 2.32. The molecule has 0 fully saturated rings. The van der Waals surface area contributed by atoms with Crippen LogP contribution in [0.25, 0.3) is 5.57 Å². The molecule has 0 saturated heterocycles. The molecule has 0 radical (unpaired) electrons. The lowest BCUT2D eigenvalue weighted by Gasteiger charge is -2.15. The summed E-state index contributed by atoms with van der Waals surface area (Å²) in [6, 6.07) is 17.9. The van der Waals surface area contributed by atoms with Gasteiger partial charge in [-0.3, -0.25) is 19.5 Å². The van der Waals surface area contributed by atoms with Crippen LogP contribution in [0.5, 0.6) is 0 Å². The molecule has 0 saturated carbocycles. The summed E-state index contributed by atoms with van der Waals surface area (Å²) in [5.74, 6) is -0.748. The molecule has 1 aromatic heterocycles. The van der Waals surface area contributed by atoms with Gasteiger partial charge in [-0.1, -0.05) is 51.8 Å². The number of nitrogens with zero attached hydrogens (tertiary/aromatic N) is 2. The molecule has 0 atom stereocenters. The SMILES string of the molecule is O=C1C(Nc2cccc(Br)c2)=C(c2ccc(Cl)cc2)C(=O)N1Cc1cccnc1. The van der Waals surface area contributed by atoms with E-state index in [1.807, 2.05) is 30.3 Å². The van der Waals surface area contributed by atoms with Crippen LogP contribution in [0.15, 0.2) is 83.2 Å². The van der Waals surface area contributed by atoms with Gasteiger partial charge < -0.3 is 5.32 Å². The summed E-state index contributed by atoms with van der Waals surface area (Å²) in [6.45, 7) is 0.145. The zero-order valence-corrected chi connectivity index (χ0v) is 17.4. The van der Waals surface area contributed by atoms with Gasteiger partial charge >= 0.3 is 0 Å². The highest BCUT2D eigenvalue weighted by molar-refractivity contribution is 9.10. The third-order valence-corrected chi connectivity index (χ3v) is 5.20. The lowest BCUT2D eigenvalue weighted by molar-refractivity contribution is -0.137. The van der Waals surface area contributed by atoms with Gasteiger partial charge in [0.25, 0.3) is 11.8 Å². The Kier molecular flexibility index (Phi) is 5.47. The smallest absolute Gasteiger partial charge is 0.278 e. The number of aromatic nitrogens is 1. The molecular weight excluding hydrogens is 454 g/mol. The van der Waals surface area contributed by atoms with Crippen LogP contribution >= 0.6 is 27.5 Å². The van der Waals surface area contributed by atoms with Crippen molar-refractivity contribution < 1.29 is 9.59 Å². The molecule has 29 heavy (non-hydrogen) atoms. The van der Waals surface area contributed by atoms with E-state index in [0.29, 0.717) is 21.8 Å². The number of hydrogen-bond acceptors (Lipinski definition) is 4. The predicted molar refractivity (Wildman–Crippen MR) is 116 cm³/mol. The van der Waals surface area contributed by atoms with Gasteiger partial charge in [0, 0.05) is 27.6 Å². The number of amides is 2. The minimum Gasteiger partial charge on any atom is -0.350 e.